The Hall–Kier alpha value is -2.33. The number of pyridine rings is 1. The summed E-state index contributed by atoms with van der Waals surface area (Å²) < 4.78 is 27.0. The van der Waals surface area contributed by atoms with E-state index in [9.17, 15) is 13.2 Å². The maximum atomic E-state index is 12.3. The van der Waals surface area contributed by atoms with E-state index in [1.807, 2.05) is 24.3 Å². The van der Waals surface area contributed by atoms with Gasteiger partial charge in [-0.3, -0.25) is 4.79 Å². The predicted octanol–water partition coefficient (Wildman–Crippen LogP) is 2.47. The molecule has 1 amide bonds. The SMILES string of the molecule is C[C@H](NS(=O)(=O)c1ccccn1)C(=O)NCc1ccc(CNCCCNC2CCCCC2)cc1. The van der Waals surface area contributed by atoms with Gasteiger partial charge in [-0.2, -0.15) is 4.72 Å². The number of nitrogens with zero attached hydrogens (tertiary/aromatic N) is 1. The van der Waals surface area contributed by atoms with Crippen molar-refractivity contribution in [1.82, 2.24) is 25.7 Å². The van der Waals surface area contributed by atoms with Crippen LogP contribution in [0.15, 0.2) is 53.7 Å². The van der Waals surface area contributed by atoms with Gasteiger partial charge in [0, 0.05) is 25.3 Å². The monoisotopic (exact) mass is 487 g/mol. The number of carbonyl (C=O) groups is 1. The molecule has 0 radical (unpaired) electrons. The largest absolute Gasteiger partial charge is 0.351 e. The van der Waals surface area contributed by atoms with E-state index in [-0.39, 0.29) is 5.03 Å². The minimum atomic E-state index is -3.85. The molecule has 8 nitrogen and oxygen atoms in total. The third kappa shape index (κ3) is 8.79. The number of rotatable bonds is 13. The Labute approximate surface area is 203 Å². The average Bonchev–Trinajstić information content (AvgIpc) is 2.86. The lowest BCUT2D eigenvalue weighted by molar-refractivity contribution is -0.122. The van der Waals surface area contributed by atoms with Crippen LogP contribution in [-0.2, 0) is 27.9 Å². The van der Waals surface area contributed by atoms with Crippen molar-refractivity contribution in [2.24, 2.45) is 0 Å². The third-order valence-electron chi connectivity index (χ3n) is 6.03. The van der Waals surface area contributed by atoms with Crippen LogP contribution in [0.5, 0.6) is 0 Å². The second-order valence-corrected chi connectivity index (χ2v) is 10.5. The van der Waals surface area contributed by atoms with Crippen molar-refractivity contribution in [1.29, 1.82) is 0 Å². The first-order valence-corrected chi connectivity index (χ1v) is 13.7. The highest BCUT2D eigenvalue weighted by atomic mass is 32.2. The molecule has 9 heteroatoms. The van der Waals surface area contributed by atoms with E-state index in [0.29, 0.717) is 12.6 Å². The fourth-order valence-electron chi connectivity index (χ4n) is 4.03. The average molecular weight is 488 g/mol. The molecule has 1 fully saturated rings. The lowest BCUT2D eigenvalue weighted by atomic mass is 9.95. The van der Waals surface area contributed by atoms with Crippen LogP contribution in [0.3, 0.4) is 0 Å². The molecule has 1 aromatic carbocycles. The number of amides is 1. The molecule has 4 N–H and O–H groups in total. The zero-order valence-corrected chi connectivity index (χ0v) is 20.7. The molecule has 0 bridgehead atoms. The van der Waals surface area contributed by atoms with E-state index >= 15 is 0 Å². The van der Waals surface area contributed by atoms with Crippen LogP contribution in [0, 0.1) is 0 Å². The van der Waals surface area contributed by atoms with Crippen LogP contribution >= 0.6 is 0 Å². The molecule has 0 unspecified atom stereocenters. The van der Waals surface area contributed by atoms with E-state index in [1.54, 1.807) is 12.1 Å². The minimum Gasteiger partial charge on any atom is -0.351 e. The van der Waals surface area contributed by atoms with Crippen molar-refractivity contribution < 1.29 is 13.2 Å². The maximum absolute atomic E-state index is 12.3. The number of aromatic nitrogens is 1. The van der Waals surface area contributed by atoms with Crippen LogP contribution in [0.4, 0.5) is 0 Å². The molecule has 1 saturated carbocycles. The van der Waals surface area contributed by atoms with Gasteiger partial charge in [0.25, 0.3) is 10.0 Å². The zero-order chi connectivity index (χ0) is 24.2. The molecule has 34 heavy (non-hydrogen) atoms. The van der Waals surface area contributed by atoms with Gasteiger partial charge in [-0.05, 0) is 62.5 Å². The number of hydrogen-bond acceptors (Lipinski definition) is 6. The molecule has 3 rings (SSSR count). The van der Waals surface area contributed by atoms with E-state index in [0.717, 1.165) is 31.6 Å². The van der Waals surface area contributed by atoms with E-state index in [4.69, 9.17) is 0 Å². The lowest BCUT2D eigenvalue weighted by Crippen LogP contribution is -2.44. The standard InChI is InChI=1S/C25H37N5O3S/c1-20(30-34(32,33)24-10-5-6-16-28-24)25(31)29-19-22-13-11-21(12-14-22)18-26-15-7-17-27-23-8-3-2-4-9-23/h5-6,10-14,16,20,23,26-27,30H,2-4,7-9,15,17-19H2,1H3,(H,29,31)/t20-/m0/s1. The summed E-state index contributed by atoms with van der Waals surface area (Å²) in [4.78, 5) is 16.2. The Morgan fingerprint density at radius 3 is 2.38 bits per heavy atom. The lowest BCUT2D eigenvalue weighted by Gasteiger charge is -2.22. The van der Waals surface area contributed by atoms with Crippen LogP contribution < -0.4 is 20.7 Å². The Morgan fingerprint density at radius 1 is 1.00 bits per heavy atom. The first-order valence-electron chi connectivity index (χ1n) is 12.2. The molecule has 186 valence electrons. The molecule has 1 heterocycles. The van der Waals surface area contributed by atoms with Crippen molar-refractivity contribution in [3.63, 3.8) is 0 Å². The predicted molar refractivity (Wildman–Crippen MR) is 134 cm³/mol. The topological polar surface area (TPSA) is 112 Å². The molecule has 0 aliphatic heterocycles. The van der Waals surface area contributed by atoms with Crippen molar-refractivity contribution >= 4 is 15.9 Å². The first kappa shape index (κ1) is 26.3. The Balaban J connectivity index is 1.32. The summed E-state index contributed by atoms with van der Waals surface area (Å²) in [5, 5.41) is 9.81. The van der Waals surface area contributed by atoms with Gasteiger partial charge in [-0.1, -0.05) is 49.6 Å². The van der Waals surface area contributed by atoms with Gasteiger partial charge in [-0.25, -0.2) is 13.4 Å². The summed E-state index contributed by atoms with van der Waals surface area (Å²) in [5.41, 5.74) is 2.14. The Kier molecular flexibility index (Phi) is 10.5. The second kappa shape index (κ2) is 13.5. The van der Waals surface area contributed by atoms with Gasteiger partial charge in [0.05, 0.1) is 6.04 Å². The van der Waals surface area contributed by atoms with E-state index < -0.39 is 22.0 Å². The van der Waals surface area contributed by atoms with Gasteiger partial charge in [0.2, 0.25) is 5.91 Å². The number of benzene rings is 1. The smallest absolute Gasteiger partial charge is 0.258 e. The van der Waals surface area contributed by atoms with Gasteiger partial charge in [-0.15, -0.1) is 0 Å². The fourth-order valence-corrected chi connectivity index (χ4v) is 5.18. The van der Waals surface area contributed by atoms with E-state index in [1.165, 1.54) is 56.9 Å². The normalized spacial score (nSPS) is 15.7. The van der Waals surface area contributed by atoms with Crippen molar-refractivity contribution in [3.05, 3.63) is 59.8 Å². The molecule has 2 aromatic rings. The van der Waals surface area contributed by atoms with Gasteiger partial charge >= 0.3 is 0 Å². The highest BCUT2D eigenvalue weighted by molar-refractivity contribution is 7.89. The molecule has 0 saturated heterocycles. The van der Waals surface area contributed by atoms with Crippen molar-refractivity contribution in [2.45, 2.75) is 75.6 Å². The molecule has 0 spiro atoms. The van der Waals surface area contributed by atoms with Crippen molar-refractivity contribution in [3.8, 4) is 0 Å². The summed E-state index contributed by atoms with van der Waals surface area (Å²) >= 11 is 0. The molecular formula is C25H37N5O3S. The Bertz CT molecular complexity index is 977. The summed E-state index contributed by atoms with van der Waals surface area (Å²) in [5.74, 6) is -0.396. The van der Waals surface area contributed by atoms with Gasteiger partial charge in [0.15, 0.2) is 5.03 Å². The second-order valence-electron chi connectivity index (χ2n) is 8.86. The molecule has 1 atom stereocenters. The number of hydrogen-bond donors (Lipinski definition) is 4. The van der Waals surface area contributed by atoms with Crippen LogP contribution in [0.25, 0.3) is 0 Å². The molecule has 1 aliphatic rings. The minimum absolute atomic E-state index is 0.112. The molecule has 1 aromatic heterocycles. The number of sulfonamides is 1. The van der Waals surface area contributed by atoms with Crippen LogP contribution in [0.1, 0.15) is 56.6 Å². The molecule has 1 aliphatic carbocycles. The molecular weight excluding hydrogens is 450 g/mol. The third-order valence-corrected chi connectivity index (χ3v) is 7.48. The summed E-state index contributed by atoms with van der Waals surface area (Å²) in [6.45, 7) is 4.68. The maximum Gasteiger partial charge on any atom is 0.258 e. The van der Waals surface area contributed by atoms with Crippen LogP contribution in [-0.4, -0.2) is 44.5 Å². The zero-order valence-electron chi connectivity index (χ0n) is 19.9. The van der Waals surface area contributed by atoms with Crippen LogP contribution in [0.2, 0.25) is 0 Å². The summed E-state index contributed by atoms with van der Waals surface area (Å²) in [7, 11) is -3.85. The highest BCUT2D eigenvalue weighted by Gasteiger charge is 2.22. The fraction of sp³-hybridized carbons (Fsp3) is 0.520. The van der Waals surface area contributed by atoms with Gasteiger partial charge < -0.3 is 16.0 Å². The van der Waals surface area contributed by atoms with Crippen molar-refractivity contribution in [2.75, 3.05) is 13.1 Å². The quantitative estimate of drug-likeness (QED) is 0.323. The first-order chi connectivity index (χ1) is 16.4. The number of nitrogens with one attached hydrogen (secondary N) is 4. The van der Waals surface area contributed by atoms with Gasteiger partial charge in [0.1, 0.15) is 0 Å². The highest BCUT2D eigenvalue weighted by Crippen LogP contribution is 2.17. The Morgan fingerprint density at radius 2 is 1.71 bits per heavy atom. The van der Waals surface area contributed by atoms with E-state index in [2.05, 4.69) is 25.7 Å². The summed E-state index contributed by atoms with van der Waals surface area (Å²) in [6.07, 6.45) is 9.26. The number of carbonyl (C=O) groups excluding carboxylic acids is 1. The summed E-state index contributed by atoms with van der Waals surface area (Å²) in [6, 6.07) is 12.4.